The largest absolute Gasteiger partial charge is 0.481 e. The summed E-state index contributed by atoms with van der Waals surface area (Å²) in [6, 6.07) is 0. The highest BCUT2D eigenvalue weighted by Crippen LogP contribution is 1.99. The molecule has 1 atom stereocenters. The molecular formula is C6H13NO3. The molecule has 0 radical (unpaired) electrons. The zero-order valence-corrected chi connectivity index (χ0v) is 5.79. The van der Waals surface area contributed by atoms with Crippen LogP contribution < -0.4 is 5.73 Å². The van der Waals surface area contributed by atoms with Gasteiger partial charge in [0.25, 0.3) is 0 Å². The Morgan fingerprint density at radius 3 is 2.60 bits per heavy atom. The number of hydrogen-bond donors (Lipinski definition) is 3. The SMILES string of the molecule is NCCCC(O)CC(=O)O. The van der Waals surface area contributed by atoms with Gasteiger partial charge in [-0.1, -0.05) is 0 Å². The number of aliphatic hydroxyl groups is 1. The lowest BCUT2D eigenvalue weighted by Crippen LogP contribution is -2.14. The van der Waals surface area contributed by atoms with E-state index in [1.165, 1.54) is 0 Å². The number of hydrogen-bond acceptors (Lipinski definition) is 3. The molecule has 0 aliphatic carbocycles. The van der Waals surface area contributed by atoms with Gasteiger partial charge in [0, 0.05) is 0 Å². The fourth-order valence-electron chi connectivity index (χ4n) is 0.657. The van der Waals surface area contributed by atoms with Crippen LogP contribution in [0.5, 0.6) is 0 Å². The van der Waals surface area contributed by atoms with Gasteiger partial charge < -0.3 is 15.9 Å². The molecule has 0 saturated heterocycles. The van der Waals surface area contributed by atoms with Crippen LogP contribution in [-0.4, -0.2) is 28.8 Å². The number of aliphatic carboxylic acids is 1. The van der Waals surface area contributed by atoms with E-state index in [2.05, 4.69) is 0 Å². The molecule has 0 rings (SSSR count). The first-order valence-electron chi connectivity index (χ1n) is 3.26. The summed E-state index contributed by atoms with van der Waals surface area (Å²) in [5.74, 6) is -0.968. The maximum absolute atomic E-state index is 9.98. The van der Waals surface area contributed by atoms with Crippen molar-refractivity contribution in [1.29, 1.82) is 0 Å². The summed E-state index contributed by atoms with van der Waals surface area (Å²) in [6.45, 7) is 0.497. The van der Waals surface area contributed by atoms with Crippen LogP contribution in [0.25, 0.3) is 0 Å². The van der Waals surface area contributed by atoms with E-state index in [1.807, 2.05) is 0 Å². The summed E-state index contributed by atoms with van der Waals surface area (Å²) in [4.78, 5) is 9.98. The van der Waals surface area contributed by atoms with Gasteiger partial charge in [-0.3, -0.25) is 4.79 Å². The highest BCUT2D eigenvalue weighted by atomic mass is 16.4. The van der Waals surface area contributed by atoms with Gasteiger partial charge >= 0.3 is 5.97 Å². The van der Waals surface area contributed by atoms with Gasteiger partial charge in [-0.15, -0.1) is 0 Å². The Balaban J connectivity index is 3.25. The Morgan fingerprint density at radius 2 is 2.20 bits per heavy atom. The average Bonchev–Trinajstić information content (AvgIpc) is 1.82. The van der Waals surface area contributed by atoms with E-state index < -0.39 is 12.1 Å². The molecule has 0 aliphatic rings. The number of carboxylic acids is 1. The van der Waals surface area contributed by atoms with Crippen LogP contribution in [-0.2, 0) is 4.79 Å². The lowest BCUT2D eigenvalue weighted by Gasteiger charge is -2.04. The molecule has 1 unspecified atom stereocenters. The van der Waals surface area contributed by atoms with Gasteiger partial charge in [-0.2, -0.15) is 0 Å². The van der Waals surface area contributed by atoms with Gasteiger partial charge in [-0.25, -0.2) is 0 Å². The zero-order chi connectivity index (χ0) is 7.98. The Kier molecular flexibility index (Phi) is 4.88. The van der Waals surface area contributed by atoms with Crippen LogP contribution in [0.1, 0.15) is 19.3 Å². The van der Waals surface area contributed by atoms with Crippen LogP contribution in [0.2, 0.25) is 0 Å². The highest BCUT2D eigenvalue weighted by molar-refractivity contribution is 5.67. The molecule has 0 amide bonds. The minimum absolute atomic E-state index is 0.181. The molecule has 0 aromatic carbocycles. The second kappa shape index (κ2) is 5.20. The van der Waals surface area contributed by atoms with Crippen molar-refractivity contribution in [2.75, 3.05) is 6.54 Å². The molecule has 0 fully saturated rings. The van der Waals surface area contributed by atoms with Crippen LogP contribution in [0.3, 0.4) is 0 Å². The van der Waals surface area contributed by atoms with Gasteiger partial charge in [-0.05, 0) is 19.4 Å². The summed E-state index contributed by atoms with van der Waals surface area (Å²) in [6.07, 6.45) is 0.234. The van der Waals surface area contributed by atoms with Gasteiger partial charge in [0.1, 0.15) is 0 Å². The Morgan fingerprint density at radius 1 is 1.60 bits per heavy atom. The normalized spacial score (nSPS) is 13.0. The summed E-state index contributed by atoms with van der Waals surface area (Å²) in [5, 5.41) is 17.1. The highest BCUT2D eigenvalue weighted by Gasteiger charge is 2.07. The number of rotatable bonds is 5. The summed E-state index contributed by atoms with van der Waals surface area (Å²) < 4.78 is 0. The van der Waals surface area contributed by atoms with Crippen molar-refractivity contribution in [2.45, 2.75) is 25.4 Å². The standard InChI is InChI=1S/C6H13NO3/c7-3-1-2-5(8)4-6(9)10/h5,8H,1-4,7H2,(H,9,10). The van der Waals surface area contributed by atoms with Gasteiger partial charge in [0.2, 0.25) is 0 Å². The Labute approximate surface area is 59.7 Å². The number of nitrogens with two attached hydrogens (primary N) is 1. The number of carbonyl (C=O) groups is 1. The lowest BCUT2D eigenvalue weighted by atomic mass is 10.1. The predicted octanol–water partition coefficient (Wildman–Crippen LogP) is -0.439. The minimum Gasteiger partial charge on any atom is -0.481 e. The molecule has 0 aromatic rings. The summed E-state index contributed by atoms with van der Waals surface area (Å²) in [7, 11) is 0. The molecule has 60 valence electrons. The first-order chi connectivity index (χ1) is 4.66. The Bertz CT molecular complexity index is 105. The fourth-order valence-corrected chi connectivity index (χ4v) is 0.657. The van der Waals surface area contributed by atoms with Crippen molar-refractivity contribution in [3.05, 3.63) is 0 Å². The minimum atomic E-state index is -0.968. The van der Waals surface area contributed by atoms with E-state index in [-0.39, 0.29) is 6.42 Å². The van der Waals surface area contributed by atoms with Crippen molar-refractivity contribution < 1.29 is 15.0 Å². The van der Waals surface area contributed by atoms with Crippen LogP contribution in [0.4, 0.5) is 0 Å². The van der Waals surface area contributed by atoms with E-state index in [0.29, 0.717) is 19.4 Å². The second-order valence-corrected chi connectivity index (χ2v) is 2.18. The van der Waals surface area contributed by atoms with E-state index >= 15 is 0 Å². The van der Waals surface area contributed by atoms with Crippen LogP contribution in [0, 0.1) is 0 Å². The lowest BCUT2D eigenvalue weighted by molar-refractivity contribution is -0.139. The van der Waals surface area contributed by atoms with Crippen molar-refractivity contribution in [3.63, 3.8) is 0 Å². The first kappa shape index (κ1) is 9.39. The average molecular weight is 147 g/mol. The van der Waals surface area contributed by atoms with Crippen molar-refractivity contribution in [3.8, 4) is 0 Å². The molecule has 0 saturated carbocycles. The van der Waals surface area contributed by atoms with Crippen LogP contribution in [0.15, 0.2) is 0 Å². The predicted molar refractivity (Wildman–Crippen MR) is 36.5 cm³/mol. The molecule has 0 heterocycles. The third-order valence-corrected chi connectivity index (χ3v) is 1.15. The van der Waals surface area contributed by atoms with Crippen molar-refractivity contribution in [1.82, 2.24) is 0 Å². The molecule has 0 aliphatic heterocycles. The molecule has 4 nitrogen and oxygen atoms in total. The van der Waals surface area contributed by atoms with E-state index in [1.54, 1.807) is 0 Å². The quantitative estimate of drug-likeness (QED) is 0.492. The molecule has 10 heavy (non-hydrogen) atoms. The molecule has 4 N–H and O–H groups in total. The maximum Gasteiger partial charge on any atom is 0.305 e. The monoisotopic (exact) mass is 147 g/mol. The van der Waals surface area contributed by atoms with Crippen LogP contribution >= 0.6 is 0 Å². The fraction of sp³-hybridized carbons (Fsp3) is 0.833. The molecule has 0 aromatic heterocycles. The topological polar surface area (TPSA) is 83.5 Å². The van der Waals surface area contributed by atoms with E-state index in [0.717, 1.165) is 0 Å². The molecular weight excluding hydrogens is 134 g/mol. The van der Waals surface area contributed by atoms with Gasteiger partial charge in [0.15, 0.2) is 0 Å². The van der Waals surface area contributed by atoms with E-state index in [4.69, 9.17) is 15.9 Å². The first-order valence-corrected chi connectivity index (χ1v) is 3.26. The molecule has 0 bridgehead atoms. The number of carboxylic acid groups (broad SMARTS) is 1. The Hall–Kier alpha value is -0.610. The second-order valence-electron chi connectivity index (χ2n) is 2.18. The summed E-state index contributed by atoms with van der Waals surface area (Å²) in [5.41, 5.74) is 5.15. The zero-order valence-electron chi connectivity index (χ0n) is 5.79. The summed E-state index contributed by atoms with van der Waals surface area (Å²) >= 11 is 0. The number of aliphatic hydroxyl groups excluding tert-OH is 1. The maximum atomic E-state index is 9.98. The van der Waals surface area contributed by atoms with E-state index in [9.17, 15) is 4.79 Å². The smallest absolute Gasteiger partial charge is 0.305 e. The van der Waals surface area contributed by atoms with Crippen molar-refractivity contribution in [2.24, 2.45) is 5.73 Å². The third kappa shape index (κ3) is 5.53. The third-order valence-electron chi connectivity index (χ3n) is 1.15. The van der Waals surface area contributed by atoms with Crippen molar-refractivity contribution >= 4 is 5.97 Å². The van der Waals surface area contributed by atoms with Gasteiger partial charge in [0.05, 0.1) is 12.5 Å². The molecule has 0 spiro atoms. The molecule has 4 heteroatoms.